The lowest BCUT2D eigenvalue weighted by Crippen LogP contribution is -2.14. The number of aromatic nitrogens is 1. The average molecular weight is 308 g/mol. The lowest BCUT2D eigenvalue weighted by Gasteiger charge is -2.05. The predicted octanol–water partition coefficient (Wildman–Crippen LogP) is 2.23. The topological polar surface area (TPSA) is 51.1 Å². The molecule has 0 spiro atoms. The molecule has 0 atom stereocenters. The third kappa shape index (κ3) is 4.08. The van der Waals surface area contributed by atoms with E-state index in [0.29, 0.717) is 6.54 Å². The molecule has 0 saturated carbocycles. The maximum atomic E-state index is 11.7. The van der Waals surface area contributed by atoms with Crippen molar-refractivity contribution >= 4 is 20.7 Å². The zero-order chi connectivity index (χ0) is 15.3. The Morgan fingerprint density at radius 3 is 2.71 bits per heavy atom. The largest absolute Gasteiger partial charge is 0.346 e. The molecule has 21 heavy (non-hydrogen) atoms. The molecule has 2 aromatic rings. The number of sulfone groups is 1. The molecule has 2 rings (SSSR count). The number of aryl methyl sites for hydroxylation is 2. The predicted molar refractivity (Wildman–Crippen MR) is 88.5 cm³/mol. The molecule has 1 aromatic carbocycles. The number of hydrogen-bond donors (Lipinski definition) is 1. The van der Waals surface area contributed by atoms with Gasteiger partial charge in [0.25, 0.3) is 0 Å². The normalized spacial score (nSPS) is 12.1. The van der Waals surface area contributed by atoms with Gasteiger partial charge in [0.15, 0.2) is 9.84 Å². The first-order chi connectivity index (χ1) is 10.1. The summed E-state index contributed by atoms with van der Waals surface area (Å²) in [4.78, 5) is 0. The molecule has 0 amide bonds. The van der Waals surface area contributed by atoms with Crippen molar-refractivity contribution in [3.05, 3.63) is 36.0 Å². The molecule has 0 fully saturated rings. The lowest BCUT2D eigenvalue weighted by atomic mass is 10.1. The van der Waals surface area contributed by atoms with E-state index >= 15 is 0 Å². The molecule has 0 radical (unpaired) electrons. The zero-order valence-corrected chi connectivity index (χ0v) is 13.6. The van der Waals surface area contributed by atoms with Crippen LogP contribution in [0.1, 0.15) is 18.9 Å². The van der Waals surface area contributed by atoms with Crippen LogP contribution in [0.25, 0.3) is 10.9 Å². The van der Waals surface area contributed by atoms with Crippen LogP contribution in [0.5, 0.6) is 0 Å². The zero-order valence-electron chi connectivity index (χ0n) is 12.8. The Labute approximate surface area is 127 Å². The van der Waals surface area contributed by atoms with E-state index in [2.05, 4.69) is 28.2 Å². The summed E-state index contributed by atoms with van der Waals surface area (Å²) in [6.45, 7) is 3.22. The molecule has 116 valence electrons. The van der Waals surface area contributed by atoms with Gasteiger partial charge in [0.2, 0.25) is 0 Å². The fourth-order valence-corrected chi connectivity index (χ4v) is 3.31. The highest BCUT2D eigenvalue weighted by molar-refractivity contribution is 7.91. The van der Waals surface area contributed by atoms with Crippen molar-refractivity contribution < 1.29 is 8.42 Å². The van der Waals surface area contributed by atoms with Crippen molar-refractivity contribution in [3.8, 4) is 0 Å². The number of nitrogens with zero attached hydrogens (tertiary/aromatic N) is 1. The minimum Gasteiger partial charge on any atom is -0.346 e. The maximum absolute atomic E-state index is 11.7. The molecular formula is C16H24N2O2S. The van der Waals surface area contributed by atoms with Gasteiger partial charge in [0.05, 0.1) is 5.75 Å². The summed E-state index contributed by atoms with van der Waals surface area (Å²) in [5, 5.41) is 4.40. The molecule has 1 N–H and O–H groups in total. The molecule has 0 aliphatic heterocycles. The van der Waals surface area contributed by atoms with Gasteiger partial charge in [-0.2, -0.15) is 0 Å². The van der Waals surface area contributed by atoms with Gasteiger partial charge in [0.1, 0.15) is 0 Å². The Balaban J connectivity index is 2.23. The van der Waals surface area contributed by atoms with E-state index in [9.17, 15) is 8.42 Å². The second kappa shape index (κ2) is 7.09. The Morgan fingerprint density at radius 2 is 2.00 bits per heavy atom. The summed E-state index contributed by atoms with van der Waals surface area (Å²) in [5.74, 6) is 0.416. The fourth-order valence-electron chi connectivity index (χ4n) is 2.54. The molecule has 4 nitrogen and oxygen atoms in total. The van der Waals surface area contributed by atoms with E-state index in [0.717, 1.165) is 24.9 Å². The van der Waals surface area contributed by atoms with Crippen molar-refractivity contribution in [2.24, 2.45) is 0 Å². The number of hydrogen-bond acceptors (Lipinski definition) is 3. The van der Waals surface area contributed by atoms with E-state index < -0.39 is 9.84 Å². The number of nitrogens with one attached hydrogen (secondary N) is 1. The Morgan fingerprint density at radius 1 is 1.24 bits per heavy atom. The quantitative estimate of drug-likeness (QED) is 0.761. The van der Waals surface area contributed by atoms with Gasteiger partial charge >= 0.3 is 0 Å². The average Bonchev–Trinajstić information content (AvgIpc) is 2.84. The monoisotopic (exact) mass is 308 g/mol. The van der Waals surface area contributed by atoms with Crippen LogP contribution < -0.4 is 5.32 Å². The van der Waals surface area contributed by atoms with Crippen molar-refractivity contribution in [1.82, 2.24) is 9.88 Å². The Kier molecular flexibility index (Phi) is 5.42. The molecule has 1 heterocycles. The highest BCUT2D eigenvalue weighted by atomic mass is 32.2. The summed E-state index contributed by atoms with van der Waals surface area (Å²) in [6.07, 6.45) is 4.21. The highest BCUT2D eigenvalue weighted by Gasteiger charge is 2.11. The van der Waals surface area contributed by atoms with Crippen LogP contribution in [0.4, 0.5) is 0 Å². The van der Waals surface area contributed by atoms with Crippen molar-refractivity contribution in [2.75, 3.05) is 25.1 Å². The molecular weight excluding hydrogens is 284 g/mol. The maximum Gasteiger partial charge on any atom is 0.151 e. The first-order valence-corrected chi connectivity index (χ1v) is 9.31. The summed E-state index contributed by atoms with van der Waals surface area (Å²) < 4.78 is 25.5. The molecule has 0 unspecified atom stereocenters. The van der Waals surface area contributed by atoms with Gasteiger partial charge in [-0.1, -0.05) is 25.1 Å². The molecule has 0 aliphatic carbocycles. The Hall–Kier alpha value is -1.33. The van der Waals surface area contributed by atoms with Crippen LogP contribution in [0, 0.1) is 0 Å². The summed E-state index contributed by atoms with van der Waals surface area (Å²) >= 11 is 0. The van der Waals surface area contributed by atoms with Crippen LogP contribution in [0.2, 0.25) is 0 Å². The third-order valence-electron chi connectivity index (χ3n) is 3.83. The number of rotatable bonds is 8. The van der Waals surface area contributed by atoms with Gasteiger partial charge in [-0.3, -0.25) is 0 Å². The summed E-state index contributed by atoms with van der Waals surface area (Å²) in [6, 6.07) is 8.23. The van der Waals surface area contributed by atoms with Crippen molar-refractivity contribution in [1.29, 1.82) is 0 Å². The second-order valence-corrected chi connectivity index (χ2v) is 7.78. The van der Waals surface area contributed by atoms with Crippen molar-refractivity contribution in [2.45, 2.75) is 26.3 Å². The van der Waals surface area contributed by atoms with Gasteiger partial charge in [0, 0.05) is 29.4 Å². The molecule has 5 heteroatoms. The molecule has 0 aliphatic rings. The number of fused-ring (bicyclic) bond motifs is 1. The van der Waals surface area contributed by atoms with Crippen LogP contribution in [0.15, 0.2) is 30.5 Å². The van der Waals surface area contributed by atoms with Crippen LogP contribution in [-0.4, -0.2) is 38.1 Å². The smallest absolute Gasteiger partial charge is 0.151 e. The van der Waals surface area contributed by atoms with Gasteiger partial charge in [-0.05, 0) is 38.1 Å². The van der Waals surface area contributed by atoms with Crippen LogP contribution in [0.3, 0.4) is 0 Å². The van der Waals surface area contributed by atoms with Gasteiger partial charge in [-0.15, -0.1) is 0 Å². The highest BCUT2D eigenvalue weighted by Crippen LogP contribution is 2.22. The minimum absolute atomic E-state index is 0.206. The molecule has 0 bridgehead atoms. The molecule has 0 saturated heterocycles. The number of benzene rings is 1. The minimum atomic E-state index is -2.93. The fraction of sp³-hybridized carbons (Fsp3) is 0.500. The second-order valence-electron chi connectivity index (χ2n) is 5.31. The Bertz CT molecular complexity index is 689. The van der Waals surface area contributed by atoms with E-state index in [1.54, 1.807) is 6.92 Å². The first kappa shape index (κ1) is 16.0. The molecule has 1 aromatic heterocycles. The van der Waals surface area contributed by atoms with E-state index in [1.165, 1.54) is 10.9 Å². The van der Waals surface area contributed by atoms with Gasteiger partial charge in [-0.25, -0.2) is 8.42 Å². The third-order valence-corrected chi connectivity index (χ3v) is 5.51. The van der Waals surface area contributed by atoms with E-state index in [1.807, 2.05) is 19.2 Å². The van der Waals surface area contributed by atoms with Gasteiger partial charge < -0.3 is 9.88 Å². The van der Waals surface area contributed by atoms with E-state index in [-0.39, 0.29) is 11.5 Å². The number of para-hydroxylation sites is 1. The summed E-state index contributed by atoms with van der Waals surface area (Å²) in [7, 11) is -0.972. The van der Waals surface area contributed by atoms with Crippen molar-refractivity contribution in [3.63, 3.8) is 0 Å². The lowest BCUT2D eigenvalue weighted by molar-refractivity contribution is 0.591. The van der Waals surface area contributed by atoms with E-state index in [4.69, 9.17) is 0 Å². The standard InChI is InChI=1S/C16H24N2O2S/c1-3-21(19,20)12-11-18-13-14(7-6-10-17-2)15-8-4-5-9-16(15)18/h4-5,8-9,13,17H,3,6-7,10-12H2,1-2H3. The van der Waals surface area contributed by atoms with Crippen LogP contribution in [-0.2, 0) is 22.8 Å². The SMILES string of the molecule is CCS(=O)(=O)CCn1cc(CCCNC)c2ccccc21. The van der Waals surface area contributed by atoms with Crippen LogP contribution >= 0.6 is 0 Å². The summed E-state index contributed by atoms with van der Waals surface area (Å²) in [5.41, 5.74) is 2.43. The first-order valence-electron chi connectivity index (χ1n) is 7.49.